The number of furan rings is 1. The standard InChI is InChI=1S/C22H20N2O5/c1-3-28-19(25)18-16(15-11-7-8-12-17(15)29-18)13-24-20(26)22(2,23-21(24)27)14-9-5-4-6-10-14/h4-12H,3,13H2,1-2H3,(H,23,27). The third-order valence-electron chi connectivity index (χ3n) is 5.10. The molecule has 0 aliphatic carbocycles. The van der Waals surface area contributed by atoms with Crippen LogP contribution in [-0.4, -0.2) is 29.4 Å². The van der Waals surface area contributed by atoms with E-state index in [0.29, 0.717) is 22.1 Å². The van der Waals surface area contributed by atoms with Crippen LogP contribution in [0.3, 0.4) is 0 Å². The van der Waals surface area contributed by atoms with E-state index in [-0.39, 0.29) is 18.9 Å². The van der Waals surface area contributed by atoms with Gasteiger partial charge in [-0.05, 0) is 25.5 Å². The van der Waals surface area contributed by atoms with Crippen LogP contribution in [0.5, 0.6) is 0 Å². The Balaban J connectivity index is 1.73. The first kappa shape index (κ1) is 18.7. The van der Waals surface area contributed by atoms with Gasteiger partial charge in [0.05, 0.1) is 13.2 Å². The highest BCUT2D eigenvalue weighted by molar-refractivity contribution is 6.07. The number of nitrogens with one attached hydrogen (secondary N) is 1. The molecular weight excluding hydrogens is 372 g/mol. The summed E-state index contributed by atoms with van der Waals surface area (Å²) in [6.07, 6.45) is 0. The minimum Gasteiger partial charge on any atom is -0.460 e. The van der Waals surface area contributed by atoms with Gasteiger partial charge in [0.1, 0.15) is 11.1 Å². The number of amides is 3. The van der Waals surface area contributed by atoms with Crippen molar-refractivity contribution in [1.29, 1.82) is 0 Å². The first-order chi connectivity index (χ1) is 14.0. The van der Waals surface area contributed by atoms with Crippen molar-refractivity contribution in [1.82, 2.24) is 10.2 Å². The first-order valence-corrected chi connectivity index (χ1v) is 9.33. The van der Waals surface area contributed by atoms with Crippen LogP contribution < -0.4 is 5.32 Å². The van der Waals surface area contributed by atoms with Gasteiger partial charge >= 0.3 is 12.0 Å². The number of rotatable bonds is 5. The fraction of sp³-hybridized carbons (Fsp3) is 0.227. The zero-order valence-electron chi connectivity index (χ0n) is 16.1. The molecule has 1 fully saturated rings. The van der Waals surface area contributed by atoms with Gasteiger partial charge in [0.2, 0.25) is 5.76 Å². The fourth-order valence-corrected chi connectivity index (χ4v) is 3.58. The Bertz CT molecular complexity index is 1100. The number of esters is 1. The predicted molar refractivity (Wildman–Crippen MR) is 105 cm³/mol. The molecule has 1 saturated heterocycles. The van der Waals surface area contributed by atoms with Crippen LogP contribution >= 0.6 is 0 Å². The van der Waals surface area contributed by atoms with Crippen molar-refractivity contribution in [3.05, 3.63) is 71.5 Å². The second-order valence-corrected chi connectivity index (χ2v) is 6.94. The van der Waals surface area contributed by atoms with Crippen LogP contribution in [0.4, 0.5) is 4.79 Å². The number of benzene rings is 2. The number of ether oxygens (including phenoxy) is 1. The van der Waals surface area contributed by atoms with Crippen molar-refractivity contribution in [3.8, 4) is 0 Å². The molecule has 1 aliphatic rings. The Morgan fingerprint density at radius 3 is 2.52 bits per heavy atom. The van der Waals surface area contributed by atoms with Gasteiger partial charge in [0.15, 0.2) is 0 Å². The summed E-state index contributed by atoms with van der Waals surface area (Å²) < 4.78 is 10.8. The van der Waals surface area contributed by atoms with Crippen molar-refractivity contribution < 1.29 is 23.5 Å². The third kappa shape index (κ3) is 3.04. The Morgan fingerprint density at radius 2 is 1.79 bits per heavy atom. The monoisotopic (exact) mass is 392 g/mol. The van der Waals surface area contributed by atoms with Crippen LogP contribution in [0.15, 0.2) is 59.0 Å². The smallest absolute Gasteiger partial charge is 0.374 e. The lowest BCUT2D eigenvalue weighted by molar-refractivity contribution is -0.131. The van der Waals surface area contributed by atoms with Crippen LogP contribution in [0.2, 0.25) is 0 Å². The lowest BCUT2D eigenvalue weighted by Crippen LogP contribution is -2.40. The molecule has 7 nitrogen and oxygen atoms in total. The van der Waals surface area contributed by atoms with Gasteiger partial charge in [-0.1, -0.05) is 48.5 Å². The van der Waals surface area contributed by atoms with E-state index < -0.39 is 23.4 Å². The van der Waals surface area contributed by atoms with E-state index in [2.05, 4.69) is 5.32 Å². The molecule has 0 bridgehead atoms. The number of nitrogens with zero attached hydrogens (tertiary/aromatic N) is 1. The first-order valence-electron chi connectivity index (χ1n) is 9.33. The zero-order valence-corrected chi connectivity index (χ0v) is 16.1. The zero-order chi connectivity index (χ0) is 20.6. The number of carbonyl (C=O) groups is 3. The second kappa shape index (κ2) is 7.09. The molecule has 148 valence electrons. The Hall–Kier alpha value is -3.61. The van der Waals surface area contributed by atoms with Gasteiger partial charge in [-0.15, -0.1) is 0 Å². The van der Waals surface area contributed by atoms with E-state index in [1.807, 2.05) is 18.2 Å². The summed E-state index contributed by atoms with van der Waals surface area (Å²) >= 11 is 0. The molecule has 4 rings (SSSR count). The Morgan fingerprint density at radius 1 is 1.10 bits per heavy atom. The van der Waals surface area contributed by atoms with E-state index in [1.165, 1.54) is 0 Å². The second-order valence-electron chi connectivity index (χ2n) is 6.94. The molecule has 0 spiro atoms. The number of hydrogen-bond donors (Lipinski definition) is 1. The van der Waals surface area contributed by atoms with Crippen molar-refractivity contribution in [3.63, 3.8) is 0 Å². The number of imide groups is 1. The highest BCUT2D eigenvalue weighted by Crippen LogP contribution is 2.33. The molecular formula is C22H20N2O5. The highest BCUT2D eigenvalue weighted by atomic mass is 16.5. The maximum absolute atomic E-state index is 13.2. The maximum Gasteiger partial charge on any atom is 0.374 e. The largest absolute Gasteiger partial charge is 0.460 e. The average molecular weight is 392 g/mol. The van der Waals surface area contributed by atoms with E-state index in [1.54, 1.807) is 50.2 Å². The summed E-state index contributed by atoms with van der Waals surface area (Å²) in [5.74, 6) is -1.02. The highest BCUT2D eigenvalue weighted by Gasteiger charge is 2.49. The molecule has 1 N–H and O–H groups in total. The van der Waals surface area contributed by atoms with Gasteiger partial charge < -0.3 is 14.5 Å². The molecule has 7 heteroatoms. The van der Waals surface area contributed by atoms with Crippen molar-refractivity contribution in [2.45, 2.75) is 25.9 Å². The summed E-state index contributed by atoms with van der Waals surface area (Å²) in [5.41, 5.74) is 0.439. The van der Waals surface area contributed by atoms with Gasteiger partial charge in [0, 0.05) is 10.9 Å². The predicted octanol–water partition coefficient (Wildman–Crippen LogP) is 3.58. The summed E-state index contributed by atoms with van der Waals surface area (Å²) in [4.78, 5) is 39.4. The Labute approximate surface area is 167 Å². The van der Waals surface area contributed by atoms with Crippen LogP contribution in [0.1, 0.15) is 35.5 Å². The lowest BCUT2D eigenvalue weighted by Gasteiger charge is -2.22. The number of urea groups is 1. The maximum atomic E-state index is 13.2. The summed E-state index contributed by atoms with van der Waals surface area (Å²) in [6, 6.07) is 15.6. The summed E-state index contributed by atoms with van der Waals surface area (Å²) in [6.45, 7) is 3.45. The van der Waals surface area contributed by atoms with E-state index in [0.717, 1.165) is 4.90 Å². The third-order valence-corrected chi connectivity index (χ3v) is 5.10. The lowest BCUT2D eigenvalue weighted by atomic mass is 9.92. The van der Waals surface area contributed by atoms with E-state index in [4.69, 9.17) is 9.15 Å². The fourth-order valence-electron chi connectivity index (χ4n) is 3.58. The number of para-hydroxylation sites is 1. The van der Waals surface area contributed by atoms with Crippen LogP contribution in [0, 0.1) is 0 Å². The molecule has 1 aliphatic heterocycles. The van der Waals surface area contributed by atoms with Crippen LogP contribution in [-0.2, 0) is 21.6 Å². The molecule has 2 heterocycles. The molecule has 3 aromatic rings. The van der Waals surface area contributed by atoms with E-state index >= 15 is 0 Å². The Kier molecular flexibility index (Phi) is 4.58. The topological polar surface area (TPSA) is 88.8 Å². The van der Waals surface area contributed by atoms with Gasteiger partial charge in [-0.3, -0.25) is 9.69 Å². The molecule has 2 aromatic carbocycles. The molecule has 3 amide bonds. The van der Waals surface area contributed by atoms with Gasteiger partial charge in [0.25, 0.3) is 5.91 Å². The molecule has 0 radical (unpaired) electrons. The van der Waals surface area contributed by atoms with Gasteiger partial charge in [-0.25, -0.2) is 9.59 Å². The normalized spacial score (nSPS) is 18.9. The quantitative estimate of drug-likeness (QED) is 0.530. The van der Waals surface area contributed by atoms with Crippen LogP contribution in [0.25, 0.3) is 11.0 Å². The molecule has 0 saturated carbocycles. The van der Waals surface area contributed by atoms with Gasteiger partial charge in [-0.2, -0.15) is 0 Å². The molecule has 1 aromatic heterocycles. The molecule has 1 unspecified atom stereocenters. The SMILES string of the molecule is CCOC(=O)c1oc2ccccc2c1CN1C(=O)NC(C)(c2ccccc2)C1=O. The summed E-state index contributed by atoms with van der Waals surface area (Å²) in [5, 5.41) is 3.43. The van der Waals surface area contributed by atoms with Crippen molar-refractivity contribution in [2.24, 2.45) is 0 Å². The summed E-state index contributed by atoms with van der Waals surface area (Å²) in [7, 11) is 0. The minimum absolute atomic E-state index is 0.00182. The number of hydrogen-bond acceptors (Lipinski definition) is 5. The molecule has 1 atom stereocenters. The van der Waals surface area contributed by atoms with Crippen molar-refractivity contribution >= 4 is 28.9 Å². The number of fused-ring (bicyclic) bond motifs is 1. The average Bonchev–Trinajstić information content (AvgIpc) is 3.20. The van der Waals surface area contributed by atoms with E-state index in [9.17, 15) is 14.4 Å². The van der Waals surface area contributed by atoms with Crippen molar-refractivity contribution in [2.75, 3.05) is 6.61 Å². The molecule has 29 heavy (non-hydrogen) atoms. The minimum atomic E-state index is -1.18. The number of carbonyl (C=O) groups excluding carboxylic acids is 3.